The third kappa shape index (κ3) is 3.99. The first-order chi connectivity index (χ1) is 13.7. The Bertz CT molecular complexity index is 798. The zero-order valence-electron chi connectivity index (χ0n) is 16.3. The SMILES string of the molecule is O=C(CCCc1nc(-c2ccco2)no1)N1C[C@@H]2CC[C@H](C1)N(CC1CC1)C2. The van der Waals surface area contributed by atoms with E-state index in [1.807, 2.05) is 0 Å². The lowest BCUT2D eigenvalue weighted by Crippen LogP contribution is -2.45. The van der Waals surface area contributed by atoms with Crippen molar-refractivity contribution in [2.75, 3.05) is 26.2 Å². The number of fused-ring (bicyclic) bond motifs is 4. The van der Waals surface area contributed by atoms with Gasteiger partial charge < -0.3 is 13.8 Å². The highest BCUT2D eigenvalue weighted by Crippen LogP contribution is 2.35. The Morgan fingerprint density at radius 2 is 2.11 bits per heavy atom. The lowest BCUT2D eigenvalue weighted by Gasteiger charge is -2.36. The van der Waals surface area contributed by atoms with E-state index in [-0.39, 0.29) is 5.91 Å². The van der Waals surface area contributed by atoms with Crippen LogP contribution in [0.3, 0.4) is 0 Å². The summed E-state index contributed by atoms with van der Waals surface area (Å²) in [6, 6.07) is 4.16. The monoisotopic (exact) mass is 384 g/mol. The Kier molecular flexibility index (Phi) is 4.93. The number of carbonyl (C=O) groups excluding carboxylic acids is 1. The lowest BCUT2D eigenvalue weighted by atomic mass is 9.95. The highest BCUT2D eigenvalue weighted by molar-refractivity contribution is 5.76. The number of hydrogen-bond donors (Lipinski definition) is 0. The molecule has 1 amide bonds. The summed E-state index contributed by atoms with van der Waals surface area (Å²) in [5, 5.41) is 3.94. The van der Waals surface area contributed by atoms with Crippen LogP contribution in [0.15, 0.2) is 27.3 Å². The predicted octanol–water partition coefficient (Wildman–Crippen LogP) is 2.99. The summed E-state index contributed by atoms with van der Waals surface area (Å²) in [6.45, 7) is 4.27. The molecule has 150 valence electrons. The molecule has 0 N–H and O–H groups in total. The largest absolute Gasteiger partial charge is 0.461 e. The van der Waals surface area contributed by atoms with Crippen LogP contribution in [0.4, 0.5) is 0 Å². The average Bonchev–Trinajstić information content (AvgIpc) is 3.24. The van der Waals surface area contributed by atoms with Crippen molar-refractivity contribution in [2.45, 2.75) is 51.0 Å². The van der Waals surface area contributed by atoms with Crippen LogP contribution >= 0.6 is 0 Å². The number of aromatic nitrogens is 2. The molecule has 6 rings (SSSR count). The third-order valence-corrected chi connectivity index (χ3v) is 6.36. The minimum absolute atomic E-state index is 0.274. The molecule has 0 aromatic carbocycles. The van der Waals surface area contributed by atoms with Gasteiger partial charge in [-0.05, 0) is 56.1 Å². The number of hydrogen-bond acceptors (Lipinski definition) is 6. The van der Waals surface area contributed by atoms with Crippen LogP contribution in [0, 0.1) is 11.8 Å². The number of rotatable bonds is 7. The molecule has 2 bridgehead atoms. The maximum atomic E-state index is 12.8. The van der Waals surface area contributed by atoms with Crippen LogP contribution in [-0.2, 0) is 11.2 Å². The Hall–Kier alpha value is -2.15. The van der Waals surface area contributed by atoms with Gasteiger partial charge in [0.25, 0.3) is 0 Å². The van der Waals surface area contributed by atoms with Crippen molar-refractivity contribution in [3.8, 4) is 11.6 Å². The summed E-state index contributed by atoms with van der Waals surface area (Å²) < 4.78 is 10.6. The van der Waals surface area contributed by atoms with E-state index in [4.69, 9.17) is 8.94 Å². The van der Waals surface area contributed by atoms with Crippen molar-refractivity contribution in [3.05, 3.63) is 24.3 Å². The molecule has 1 aliphatic carbocycles. The molecule has 2 aromatic heterocycles. The van der Waals surface area contributed by atoms with E-state index in [9.17, 15) is 4.79 Å². The van der Waals surface area contributed by atoms with E-state index in [0.717, 1.165) is 25.4 Å². The van der Waals surface area contributed by atoms with E-state index in [2.05, 4.69) is 19.9 Å². The molecule has 2 aromatic rings. The molecule has 7 nitrogen and oxygen atoms in total. The molecule has 4 fully saturated rings. The number of piperidine rings is 1. The van der Waals surface area contributed by atoms with E-state index < -0.39 is 0 Å². The smallest absolute Gasteiger partial charge is 0.238 e. The van der Waals surface area contributed by atoms with Gasteiger partial charge in [0.15, 0.2) is 5.76 Å². The third-order valence-electron chi connectivity index (χ3n) is 6.36. The van der Waals surface area contributed by atoms with Gasteiger partial charge in [0.05, 0.1) is 6.26 Å². The second-order valence-corrected chi connectivity index (χ2v) is 8.64. The summed E-state index contributed by atoms with van der Waals surface area (Å²) in [5.41, 5.74) is 0. The van der Waals surface area contributed by atoms with Gasteiger partial charge in [-0.15, -0.1) is 0 Å². The van der Waals surface area contributed by atoms with E-state index >= 15 is 0 Å². The molecular formula is C21H28N4O3. The molecule has 5 heterocycles. The first-order valence-electron chi connectivity index (χ1n) is 10.6. The first-order valence-corrected chi connectivity index (χ1v) is 10.6. The quantitative estimate of drug-likeness (QED) is 0.730. The highest BCUT2D eigenvalue weighted by atomic mass is 16.5. The van der Waals surface area contributed by atoms with Crippen LogP contribution in [0.1, 0.15) is 44.4 Å². The topological polar surface area (TPSA) is 75.6 Å². The number of nitrogens with zero attached hydrogens (tertiary/aromatic N) is 4. The van der Waals surface area contributed by atoms with Crippen molar-refractivity contribution in [2.24, 2.45) is 11.8 Å². The minimum atomic E-state index is 0.274. The van der Waals surface area contributed by atoms with Gasteiger partial charge in [-0.2, -0.15) is 4.98 Å². The molecule has 7 heteroatoms. The number of carbonyl (C=O) groups is 1. The van der Waals surface area contributed by atoms with Gasteiger partial charge in [0.1, 0.15) is 0 Å². The fraction of sp³-hybridized carbons (Fsp3) is 0.667. The Morgan fingerprint density at radius 3 is 2.93 bits per heavy atom. The van der Waals surface area contributed by atoms with E-state index in [1.165, 1.54) is 38.8 Å². The Morgan fingerprint density at radius 1 is 1.18 bits per heavy atom. The summed E-state index contributed by atoms with van der Waals surface area (Å²) in [7, 11) is 0. The summed E-state index contributed by atoms with van der Waals surface area (Å²) >= 11 is 0. The molecule has 0 radical (unpaired) electrons. The standard InChI is InChI=1S/C21H28N4O3/c26-20(5-1-4-19-22-21(23-28-19)18-3-2-10-27-18)25-13-16-8-9-17(14-25)24(12-16)11-15-6-7-15/h2-3,10,15-17H,1,4-9,11-14H2/t16-,17-/m1/s1. The van der Waals surface area contributed by atoms with Crippen molar-refractivity contribution >= 4 is 5.91 Å². The van der Waals surface area contributed by atoms with Crippen LogP contribution in [-0.4, -0.2) is 58.1 Å². The molecule has 3 aliphatic heterocycles. The number of aryl methyl sites for hydroxylation is 1. The Labute approximate surface area is 165 Å². The average molecular weight is 384 g/mol. The highest BCUT2D eigenvalue weighted by Gasteiger charge is 2.38. The Balaban J connectivity index is 1.12. The molecule has 2 atom stereocenters. The van der Waals surface area contributed by atoms with E-state index in [1.54, 1.807) is 18.4 Å². The van der Waals surface area contributed by atoms with Gasteiger partial charge in [-0.3, -0.25) is 9.69 Å². The van der Waals surface area contributed by atoms with Gasteiger partial charge in [0.2, 0.25) is 17.6 Å². The van der Waals surface area contributed by atoms with E-state index in [0.29, 0.717) is 42.3 Å². The van der Waals surface area contributed by atoms with Crippen molar-refractivity contribution in [1.29, 1.82) is 0 Å². The zero-order chi connectivity index (χ0) is 18.9. The lowest BCUT2D eigenvalue weighted by molar-refractivity contribution is -0.131. The predicted molar refractivity (Wildman–Crippen MR) is 102 cm³/mol. The molecule has 4 aliphatic rings. The minimum Gasteiger partial charge on any atom is -0.461 e. The molecule has 0 unspecified atom stereocenters. The van der Waals surface area contributed by atoms with Crippen LogP contribution in [0.2, 0.25) is 0 Å². The second kappa shape index (κ2) is 7.70. The second-order valence-electron chi connectivity index (χ2n) is 8.64. The van der Waals surface area contributed by atoms with Crippen molar-refractivity contribution in [3.63, 3.8) is 0 Å². The molecular weight excluding hydrogens is 356 g/mol. The van der Waals surface area contributed by atoms with Gasteiger partial charge in [0, 0.05) is 45.1 Å². The molecule has 28 heavy (non-hydrogen) atoms. The van der Waals surface area contributed by atoms with Crippen molar-refractivity contribution < 1.29 is 13.7 Å². The van der Waals surface area contributed by atoms with Crippen LogP contribution < -0.4 is 0 Å². The van der Waals surface area contributed by atoms with Crippen LogP contribution in [0.25, 0.3) is 11.6 Å². The maximum Gasteiger partial charge on any atom is 0.238 e. The maximum absolute atomic E-state index is 12.8. The molecule has 0 spiro atoms. The van der Waals surface area contributed by atoms with Crippen LogP contribution in [0.5, 0.6) is 0 Å². The van der Waals surface area contributed by atoms with Crippen molar-refractivity contribution in [1.82, 2.24) is 19.9 Å². The fourth-order valence-corrected chi connectivity index (χ4v) is 4.65. The van der Waals surface area contributed by atoms with Gasteiger partial charge in [-0.1, -0.05) is 5.16 Å². The summed E-state index contributed by atoms with van der Waals surface area (Å²) in [5.74, 6) is 3.46. The number of furan rings is 1. The molecule has 1 saturated carbocycles. The summed E-state index contributed by atoms with van der Waals surface area (Å²) in [4.78, 5) is 22.0. The zero-order valence-corrected chi connectivity index (χ0v) is 16.3. The molecule has 3 saturated heterocycles. The van der Waals surface area contributed by atoms with Gasteiger partial charge in [-0.25, -0.2) is 0 Å². The number of amides is 1. The normalized spacial score (nSPS) is 25.2. The fourth-order valence-electron chi connectivity index (χ4n) is 4.65. The summed E-state index contributed by atoms with van der Waals surface area (Å²) in [6.07, 6.45) is 8.79. The first kappa shape index (κ1) is 17.9. The van der Waals surface area contributed by atoms with Gasteiger partial charge >= 0.3 is 0 Å².